The van der Waals surface area contributed by atoms with Gasteiger partial charge in [-0.15, -0.1) is 0 Å². The lowest BCUT2D eigenvalue weighted by Crippen LogP contribution is -2.37. The molecule has 0 aromatic heterocycles. The van der Waals surface area contributed by atoms with Crippen LogP contribution in [0.4, 0.5) is 0 Å². The highest BCUT2D eigenvalue weighted by atomic mass is 31.2. The number of hydrogen-bond acceptors (Lipinski definition) is 7. The van der Waals surface area contributed by atoms with E-state index in [4.69, 9.17) is 18.1 Å². The van der Waals surface area contributed by atoms with Gasteiger partial charge in [-0.25, -0.2) is 0 Å². The molecule has 1 N–H and O–H groups in total. The molecular formula is C20H37NO6P2. The maximum atomic E-state index is 13.7. The Morgan fingerprint density at radius 3 is 1.66 bits per heavy atom. The van der Waals surface area contributed by atoms with Gasteiger partial charge in [0, 0.05) is 6.04 Å². The number of nitrogens with one attached hydrogen (secondary N) is 1. The molecule has 0 fully saturated rings. The minimum atomic E-state index is -3.53. The zero-order valence-corrected chi connectivity index (χ0v) is 20.3. The van der Waals surface area contributed by atoms with Crippen molar-refractivity contribution in [1.29, 1.82) is 0 Å². The molecule has 0 amide bonds. The first-order valence-corrected chi connectivity index (χ1v) is 13.6. The Balaban J connectivity index is 3.44. The predicted molar refractivity (Wildman–Crippen MR) is 118 cm³/mol. The molecule has 2 unspecified atom stereocenters. The maximum absolute atomic E-state index is 13.7. The molecule has 1 rings (SSSR count). The van der Waals surface area contributed by atoms with E-state index in [0.717, 1.165) is 5.56 Å². The topological polar surface area (TPSA) is 83.1 Å². The predicted octanol–water partition coefficient (Wildman–Crippen LogP) is 5.97. The fraction of sp³-hybridized carbons (Fsp3) is 0.700. The molecular weight excluding hydrogens is 412 g/mol. The summed E-state index contributed by atoms with van der Waals surface area (Å²) in [6.07, 6.45) is 0.219. The Morgan fingerprint density at radius 1 is 0.793 bits per heavy atom. The summed E-state index contributed by atoms with van der Waals surface area (Å²) < 4.78 is 49.8. The summed E-state index contributed by atoms with van der Waals surface area (Å²) in [4.78, 5) is 0. The molecule has 9 heteroatoms. The lowest BCUT2D eigenvalue weighted by molar-refractivity contribution is 0.196. The van der Waals surface area contributed by atoms with Crippen molar-refractivity contribution in [3.8, 4) is 0 Å². The van der Waals surface area contributed by atoms with Gasteiger partial charge < -0.3 is 23.4 Å². The van der Waals surface area contributed by atoms with E-state index in [2.05, 4.69) is 5.32 Å². The molecule has 0 heterocycles. The summed E-state index contributed by atoms with van der Waals surface area (Å²) in [5.41, 5.74) is 0.182. The second-order valence-electron chi connectivity index (χ2n) is 6.75. The number of rotatable bonds is 15. The summed E-state index contributed by atoms with van der Waals surface area (Å²) >= 11 is 0. The molecule has 0 saturated heterocycles. The van der Waals surface area contributed by atoms with E-state index in [0.29, 0.717) is 0 Å². The third-order valence-corrected chi connectivity index (χ3v) is 9.02. The Bertz CT molecular complexity index is 650. The molecule has 1 aromatic rings. The SMILES string of the molecule is CCOP(=O)(OCC)C(CC(c1ccccc1)P(=O)(OCC)OCC)NC(C)C. The first-order valence-electron chi connectivity index (χ1n) is 10.3. The van der Waals surface area contributed by atoms with E-state index < -0.39 is 26.6 Å². The van der Waals surface area contributed by atoms with Gasteiger partial charge in [0.05, 0.1) is 32.1 Å². The van der Waals surface area contributed by atoms with Crippen molar-refractivity contribution in [2.24, 2.45) is 0 Å². The van der Waals surface area contributed by atoms with Crippen LogP contribution in [0.1, 0.15) is 59.2 Å². The van der Waals surface area contributed by atoms with Crippen LogP contribution in [0.3, 0.4) is 0 Å². The van der Waals surface area contributed by atoms with Gasteiger partial charge in [-0.05, 0) is 39.7 Å². The van der Waals surface area contributed by atoms with Crippen LogP contribution < -0.4 is 5.32 Å². The monoisotopic (exact) mass is 449 g/mol. The summed E-state index contributed by atoms with van der Waals surface area (Å²) in [6.45, 7) is 12.0. The molecule has 0 bridgehead atoms. The van der Waals surface area contributed by atoms with E-state index in [1.165, 1.54) is 0 Å². The van der Waals surface area contributed by atoms with Crippen molar-refractivity contribution in [2.45, 2.75) is 65.4 Å². The van der Waals surface area contributed by atoms with Crippen LogP contribution in [0.25, 0.3) is 0 Å². The summed E-state index contributed by atoms with van der Waals surface area (Å²) in [5, 5.41) is 3.30. The first kappa shape index (κ1) is 26.5. The zero-order chi connectivity index (χ0) is 21.9. The van der Waals surface area contributed by atoms with Gasteiger partial charge in [-0.1, -0.05) is 44.2 Å². The number of hydrogen-bond donors (Lipinski definition) is 1. The van der Waals surface area contributed by atoms with E-state index in [1.54, 1.807) is 27.7 Å². The van der Waals surface area contributed by atoms with Crippen LogP contribution in [0.15, 0.2) is 30.3 Å². The molecule has 0 radical (unpaired) electrons. The van der Waals surface area contributed by atoms with Crippen molar-refractivity contribution in [1.82, 2.24) is 5.32 Å². The van der Waals surface area contributed by atoms with Gasteiger partial charge in [0.2, 0.25) is 0 Å². The fourth-order valence-electron chi connectivity index (χ4n) is 3.16. The lowest BCUT2D eigenvalue weighted by atomic mass is 10.1. The van der Waals surface area contributed by atoms with Gasteiger partial charge in [0.1, 0.15) is 5.78 Å². The molecule has 0 saturated carbocycles. The van der Waals surface area contributed by atoms with Gasteiger partial charge in [0.25, 0.3) is 0 Å². The van der Waals surface area contributed by atoms with Crippen LogP contribution in [0, 0.1) is 0 Å². The quantitative estimate of drug-likeness (QED) is 0.330. The first-order chi connectivity index (χ1) is 13.8. The largest absolute Gasteiger partial charge is 0.347 e. The summed E-state index contributed by atoms with van der Waals surface area (Å²) in [6, 6.07) is 9.42. The Hall–Kier alpha value is -0.520. The van der Waals surface area contributed by atoms with Crippen molar-refractivity contribution in [3.05, 3.63) is 35.9 Å². The van der Waals surface area contributed by atoms with Gasteiger partial charge in [0.15, 0.2) is 0 Å². The van der Waals surface area contributed by atoms with E-state index in [1.807, 2.05) is 44.2 Å². The highest BCUT2D eigenvalue weighted by molar-refractivity contribution is 7.55. The van der Waals surface area contributed by atoms with Crippen LogP contribution >= 0.6 is 15.2 Å². The maximum Gasteiger partial charge on any atom is 0.347 e. The summed E-state index contributed by atoms with van der Waals surface area (Å²) in [7, 11) is -7.04. The van der Waals surface area contributed by atoms with Crippen LogP contribution in [-0.4, -0.2) is 38.3 Å². The van der Waals surface area contributed by atoms with Crippen LogP contribution in [-0.2, 0) is 27.2 Å². The van der Waals surface area contributed by atoms with E-state index >= 15 is 0 Å². The van der Waals surface area contributed by atoms with Crippen LogP contribution in [0.5, 0.6) is 0 Å². The lowest BCUT2D eigenvalue weighted by Gasteiger charge is -2.34. The van der Waals surface area contributed by atoms with Gasteiger partial charge >= 0.3 is 15.2 Å². The molecule has 0 spiro atoms. The van der Waals surface area contributed by atoms with E-state index in [9.17, 15) is 9.13 Å². The highest BCUT2D eigenvalue weighted by Gasteiger charge is 2.44. The molecule has 168 valence electrons. The second kappa shape index (κ2) is 13.0. The van der Waals surface area contributed by atoms with Crippen molar-refractivity contribution in [3.63, 3.8) is 0 Å². The summed E-state index contributed by atoms with van der Waals surface area (Å²) in [5.74, 6) is -0.665. The molecule has 29 heavy (non-hydrogen) atoms. The minimum Gasteiger partial charge on any atom is -0.308 e. The van der Waals surface area contributed by atoms with Crippen LogP contribution in [0.2, 0.25) is 0 Å². The molecule has 0 aliphatic rings. The average molecular weight is 449 g/mol. The normalized spacial score (nSPS) is 14.9. The Kier molecular flexibility index (Phi) is 11.9. The van der Waals surface area contributed by atoms with Gasteiger partial charge in [-0.2, -0.15) is 0 Å². The zero-order valence-electron chi connectivity index (χ0n) is 18.5. The Labute approximate surface area is 175 Å². The van der Waals surface area contributed by atoms with Crippen molar-refractivity contribution in [2.75, 3.05) is 26.4 Å². The Morgan fingerprint density at radius 2 is 1.24 bits per heavy atom. The highest BCUT2D eigenvalue weighted by Crippen LogP contribution is 2.65. The average Bonchev–Trinajstić information content (AvgIpc) is 2.66. The van der Waals surface area contributed by atoms with Crippen molar-refractivity contribution < 1.29 is 27.2 Å². The minimum absolute atomic E-state index is 0.0178. The third-order valence-electron chi connectivity index (χ3n) is 4.16. The van der Waals surface area contributed by atoms with Gasteiger partial charge in [-0.3, -0.25) is 9.13 Å². The molecule has 1 aromatic carbocycles. The molecule has 0 aliphatic carbocycles. The standard InChI is InChI=1S/C20H37NO6P2/c1-7-24-28(22,25-8-2)19(18-14-12-11-13-15-18)16-20(21-17(5)6)29(23,26-9-3)27-10-4/h11-15,17,19-21H,7-10,16H2,1-6H3. The second-order valence-corrected chi connectivity index (χ2v) is 11.2. The molecule has 0 aliphatic heterocycles. The smallest absolute Gasteiger partial charge is 0.308 e. The third kappa shape index (κ3) is 7.91. The van der Waals surface area contributed by atoms with E-state index in [-0.39, 0.29) is 38.9 Å². The number of benzene rings is 1. The fourth-order valence-corrected chi connectivity index (χ4v) is 7.59. The molecule has 2 atom stereocenters. The van der Waals surface area contributed by atoms with Crippen molar-refractivity contribution >= 4 is 15.2 Å². The molecule has 7 nitrogen and oxygen atoms in total.